The second-order valence-corrected chi connectivity index (χ2v) is 33.6. The lowest BCUT2D eigenvalue weighted by Gasteiger charge is -2.30. The van der Waals surface area contributed by atoms with Crippen LogP contribution in [-0.4, -0.2) is 215 Å². The molecule has 14 amide bonds. The highest BCUT2D eigenvalue weighted by Gasteiger charge is 2.40. The molecule has 4 heterocycles. The number of carbonyl (C=O) groups excluding carboxylic acids is 14. The third kappa shape index (κ3) is 27.4. The first-order valence-corrected chi connectivity index (χ1v) is 43.5. The van der Waals surface area contributed by atoms with Crippen molar-refractivity contribution in [2.45, 2.75) is 190 Å². The standard InChI is InChI=1S/C91H112N18O18S/c1-6-49(4)78-90(126)107-75(80(94)116)46-128-47-77(115)98-71(39-54-43-95-63-18-10-7-15-60(54)63)85(121)99-66(21-13-14-34-92)81(117)100-67(35-48(2)3)82(118)101-68(36-51-22-28-57(111)29-23-51)83(119)102-69(37-52-24-30-58(112)31-25-52)84(120)105-74(42-76(93)114)87(123)103-70(38-53-26-32-59(113)33-27-53)88(124)109-79(50(5)110)91(127)106-72(40-55-44-96-64-19-11-8-16-61(55)64)86(122)104-73(89(125)108-78)41-56-45-97-65-20-12-9-17-62(56)65/h7-12,15-20,22-33,43-45,48-50,66-75,78-79,95-97,110-113H,6,13-14,21,34-42,46-47,92H2,1-5H3,(H2,93,114)(H2,94,116)(H,98,115)(H,99,121)(H,100,117)(H,101,118)(H,102,119)(H,103,123)(H,104,122)(H,105,120)(H,106,127)(H,107,126)(H,108,125)(H,109,124)/t49-,50+,66-,67-,68-,69-,70-,71+,72-,73-,74-,75-,78-,79-/m0/s1. The lowest BCUT2D eigenvalue weighted by atomic mass is 9.96. The molecule has 36 nitrogen and oxygen atoms in total. The van der Waals surface area contributed by atoms with Crippen molar-refractivity contribution in [3.05, 3.63) is 198 Å². The summed E-state index contributed by atoms with van der Waals surface area (Å²) in [4.78, 5) is 218. The van der Waals surface area contributed by atoms with Gasteiger partial charge < -0.3 is 116 Å². The molecule has 1 aliphatic heterocycles. The number of para-hydroxylation sites is 3. The van der Waals surface area contributed by atoms with Gasteiger partial charge in [-0.15, -0.1) is 11.8 Å². The summed E-state index contributed by atoms with van der Waals surface area (Å²) >= 11 is 0.858. The maximum Gasteiger partial charge on any atom is 0.245 e. The molecule has 0 aliphatic carbocycles. The van der Waals surface area contributed by atoms with Gasteiger partial charge in [-0.25, -0.2) is 0 Å². The van der Waals surface area contributed by atoms with Gasteiger partial charge in [-0.3, -0.25) is 67.1 Å². The van der Waals surface area contributed by atoms with E-state index in [9.17, 15) is 39.6 Å². The lowest BCUT2D eigenvalue weighted by molar-refractivity contribution is -0.137. The third-order valence-corrected chi connectivity index (χ3v) is 23.3. The van der Waals surface area contributed by atoms with Crippen molar-refractivity contribution in [3.63, 3.8) is 0 Å². The molecule has 0 radical (unpaired) electrons. The van der Waals surface area contributed by atoms with Crippen LogP contribution in [0.1, 0.15) is 107 Å². The SMILES string of the molecule is CC[C@H](C)[C@@H]1NC(=O)[C@H](Cc2c[nH]c3ccccc23)NC(=O)[C@H](Cc2c[nH]c3ccccc23)NC(=O)[C@H]([C@@H](C)O)NC(=O)[C@H](Cc2ccc(O)cc2)NC(=O)[C@H](CC(N)=O)NC(=O)[C@H](Cc2ccc(O)cc2)NC(=O)[C@H](Cc2ccc(O)cc2)NC(=O)[C@H](CC(C)C)NC(=O)[C@H](CCCCN)NC(=O)[C@@H](Cc2c[nH]c3ccccc23)NC(=O)CSC[C@@H](C(N)=O)NC1=O. The molecule has 25 N–H and O–H groups in total. The number of rotatable bonds is 24. The molecule has 128 heavy (non-hydrogen) atoms. The van der Waals surface area contributed by atoms with Crippen molar-refractivity contribution < 1.29 is 87.5 Å². The van der Waals surface area contributed by atoms with E-state index in [1.807, 2.05) is 0 Å². The summed E-state index contributed by atoms with van der Waals surface area (Å²) in [6.07, 6.45) is 0.878. The number of aliphatic hydroxyl groups is 1. The van der Waals surface area contributed by atoms with Gasteiger partial charge in [0.2, 0.25) is 82.7 Å². The van der Waals surface area contributed by atoms with Crippen molar-refractivity contribution >= 4 is 127 Å². The van der Waals surface area contributed by atoms with Crippen LogP contribution in [0.2, 0.25) is 0 Å². The third-order valence-electron chi connectivity index (χ3n) is 22.2. The van der Waals surface area contributed by atoms with E-state index in [-0.39, 0.29) is 92.4 Å². The van der Waals surface area contributed by atoms with Crippen molar-refractivity contribution in [3.8, 4) is 17.2 Å². The Labute approximate surface area is 741 Å². The fourth-order valence-corrected chi connectivity index (χ4v) is 15.9. The van der Waals surface area contributed by atoms with E-state index in [2.05, 4.69) is 78.8 Å². The predicted molar refractivity (Wildman–Crippen MR) is 478 cm³/mol. The maximum absolute atomic E-state index is 15.6. The zero-order chi connectivity index (χ0) is 92.4. The van der Waals surface area contributed by atoms with Gasteiger partial charge in [0.15, 0.2) is 0 Å². The van der Waals surface area contributed by atoms with Crippen LogP contribution in [-0.2, 0) is 106 Å². The smallest absolute Gasteiger partial charge is 0.245 e. The molecule has 0 spiro atoms. The molecule has 1 aliphatic rings. The highest BCUT2D eigenvalue weighted by Crippen LogP contribution is 2.26. The van der Waals surface area contributed by atoms with Crippen LogP contribution in [0.5, 0.6) is 17.2 Å². The summed E-state index contributed by atoms with van der Waals surface area (Å²) in [5.74, 6) is -16.6. The number of nitrogens with two attached hydrogens (primary N) is 3. The number of hydrogen-bond donors (Lipinski definition) is 22. The molecular weight excluding hydrogens is 1670 g/mol. The van der Waals surface area contributed by atoms with E-state index in [1.165, 1.54) is 72.8 Å². The molecule has 1 saturated heterocycles. The van der Waals surface area contributed by atoms with E-state index >= 15 is 47.9 Å². The predicted octanol–water partition coefficient (Wildman–Crippen LogP) is 1.53. The molecule has 1 fully saturated rings. The molecule has 14 atom stereocenters. The first-order chi connectivity index (χ1) is 61.2. The van der Waals surface area contributed by atoms with Gasteiger partial charge >= 0.3 is 0 Å². The average Bonchev–Trinajstić information content (AvgIpc) is 1.67. The fourth-order valence-electron chi connectivity index (χ4n) is 15.0. The largest absolute Gasteiger partial charge is 0.508 e. The van der Waals surface area contributed by atoms with E-state index < -0.39 is 192 Å². The number of benzene rings is 6. The minimum Gasteiger partial charge on any atom is -0.508 e. The molecule has 0 saturated carbocycles. The Morgan fingerprint density at radius 1 is 0.398 bits per heavy atom. The minimum absolute atomic E-state index is 0.0514. The van der Waals surface area contributed by atoms with Crippen LogP contribution in [0.3, 0.4) is 0 Å². The van der Waals surface area contributed by atoms with Crippen LogP contribution in [0.15, 0.2) is 164 Å². The normalized spacial score (nSPS) is 22.6. The number of phenolic OH excluding ortho intramolecular Hbond substituents is 3. The zero-order valence-corrected chi connectivity index (χ0v) is 72.3. The fraction of sp³-hybridized carbons (Fsp3) is 0.385. The number of nitrogens with one attached hydrogen (secondary N) is 15. The summed E-state index contributed by atoms with van der Waals surface area (Å²) in [5, 5.41) is 76.9. The molecule has 10 rings (SSSR count). The summed E-state index contributed by atoms with van der Waals surface area (Å²) in [7, 11) is 0. The van der Waals surface area contributed by atoms with Crippen molar-refractivity contribution in [1.29, 1.82) is 0 Å². The lowest BCUT2D eigenvalue weighted by Crippen LogP contribution is -2.63. The van der Waals surface area contributed by atoms with Gasteiger partial charge in [0.1, 0.15) is 89.8 Å². The number of hydrogen-bond acceptors (Lipinski definition) is 20. The zero-order valence-electron chi connectivity index (χ0n) is 71.5. The van der Waals surface area contributed by atoms with Crippen LogP contribution in [0.25, 0.3) is 32.7 Å². The average molecular weight is 1780 g/mol. The Balaban J connectivity index is 1.05. The minimum atomic E-state index is -2.00. The number of phenols is 3. The van der Waals surface area contributed by atoms with Crippen LogP contribution in [0, 0.1) is 11.8 Å². The van der Waals surface area contributed by atoms with Crippen LogP contribution < -0.4 is 81.0 Å². The van der Waals surface area contributed by atoms with E-state index in [1.54, 1.807) is 119 Å². The second kappa shape index (κ2) is 45.9. The monoisotopic (exact) mass is 1780 g/mol. The Bertz CT molecular complexity index is 5430. The van der Waals surface area contributed by atoms with Crippen LogP contribution in [0.4, 0.5) is 0 Å². The number of thioether (sulfide) groups is 1. The number of H-pyrrole nitrogens is 3. The first kappa shape index (κ1) is 96.4. The van der Waals surface area contributed by atoms with Crippen LogP contribution >= 0.6 is 11.8 Å². The summed E-state index contributed by atoms with van der Waals surface area (Å²) in [6, 6.07) is 17.8. The summed E-state index contributed by atoms with van der Waals surface area (Å²) < 4.78 is 0. The molecule has 3 aromatic heterocycles. The number of aromatic hydroxyl groups is 3. The number of aliphatic hydroxyl groups excluding tert-OH is 1. The topological polar surface area (TPSA) is 590 Å². The molecule has 0 unspecified atom stereocenters. The Hall–Kier alpha value is -13.8. The Kier molecular flexibility index (Phi) is 34.6. The highest BCUT2D eigenvalue weighted by atomic mass is 32.2. The quantitative estimate of drug-likeness (QED) is 0.0381. The van der Waals surface area contributed by atoms with E-state index in [0.717, 1.165) is 18.7 Å². The number of aromatic amines is 3. The number of fused-ring (bicyclic) bond motifs is 3. The number of carbonyl (C=O) groups is 14. The van der Waals surface area contributed by atoms with Gasteiger partial charge in [-0.2, -0.15) is 0 Å². The number of primary amides is 2. The number of unbranched alkanes of at least 4 members (excludes halogenated alkanes) is 1. The maximum atomic E-state index is 15.6. The van der Waals surface area contributed by atoms with Gasteiger partial charge in [-0.1, -0.05) is 125 Å². The van der Waals surface area contributed by atoms with Crippen molar-refractivity contribution in [2.75, 3.05) is 18.1 Å². The molecular formula is C91H112N18O18S. The number of aromatic nitrogens is 3. The van der Waals surface area contributed by atoms with Gasteiger partial charge in [0.25, 0.3) is 0 Å². The second-order valence-electron chi connectivity index (χ2n) is 32.6. The molecule has 9 aromatic rings. The van der Waals surface area contributed by atoms with Gasteiger partial charge in [-0.05, 0) is 139 Å². The molecule has 680 valence electrons. The van der Waals surface area contributed by atoms with Gasteiger partial charge in [0.05, 0.1) is 18.3 Å². The van der Waals surface area contributed by atoms with Crippen molar-refractivity contribution in [1.82, 2.24) is 78.8 Å². The first-order valence-electron chi connectivity index (χ1n) is 42.4. The summed E-state index contributed by atoms with van der Waals surface area (Å²) in [6.45, 7) is 8.24. The Morgan fingerprint density at radius 2 is 0.734 bits per heavy atom. The van der Waals surface area contributed by atoms with Crippen molar-refractivity contribution in [2.24, 2.45) is 29.0 Å². The molecule has 0 bridgehead atoms. The molecule has 6 aromatic carbocycles. The molecule has 37 heteroatoms. The summed E-state index contributed by atoms with van der Waals surface area (Å²) in [5.41, 5.74) is 22.2. The van der Waals surface area contributed by atoms with E-state index in [0.29, 0.717) is 66.9 Å². The van der Waals surface area contributed by atoms with Gasteiger partial charge in [0, 0.05) is 95.6 Å². The number of amides is 14. The van der Waals surface area contributed by atoms with E-state index in [4.69, 9.17) is 17.2 Å². The Morgan fingerprint density at radius 3 is 1.12 bits per heavy atom. The highest BCUT2D eigenvalue weighted by molar-refractivity contribution is 8.00.